The Morgan fingerprint density at radius 2 is 2.00 bits per heavy atom. The Kier molecular flexibility index (Phi) is 4.67. The number of amides is 2. The fourth-order valence-corrected chi connectivity index (χ4v) is 4.34. The number of anilines is 1. The lowest BCUT2D eigenvalue weighted by Gasteiger charge is -2.09. The first-order chi connectivity index (χ1) is 13.0. The van der Waals surface area contributed by atoms with Crippen molar-refractivity contribution in [2.45, 2.75) is 20.4 Å². The number of hydrogen-bond acceptors (Lipinski definition) is 5. The number of thiophene rings is 1. The molecule has 4 rings (SSSR count). The van der Waals surface area contributed by atoms with Crippen molar-refractivity contribution in [1.29, 1.82) is 0 Å². The maximum atomic E-state index is 12.5. The molecule has 2 amide bonds. The zero-order valence-corrected chi connectivity index (χ0v) is 16.5. The van der Waals surface area contributed by atoms with E-state index in [1.807, 2.05) is 60.2 Å². The number of thiazole rings is 1. The molecule has 0 aliphatic heterocycles. The Hall–Kier alpha value is -2.71. The number of aromatic nitrogens is 2. The van der Waals surface area contributed by atoms with E-state index < -0.39 is 0 Å². The van der Waals surface area contributed by atoms with E-state index in [0.717, 1.165) is 26.6 Å². The summed E-state index contributed by atoms with van der Waals surface area (Å²) in [7, 11) is 0. The Bertz CT molecular complexity index is 1120. The summed E-state index contributed by atoms with van der Waals surface area (Å²) in [6, 6.07) is 9.36. The molecule has 0 radical (unpaired) electrons. The third-order valence-corrected chi connectivity index (χ3v) is 5.94. The fraction of sp³-hybridized carbons (Fsp3) is 0.211. The maximum absolute atomic E-state index is 12.5. The van der Waals surface area contributed by atoms with Crippen molar-refractivity contribution in [3.63, 3.8) is 0 Å². The maximum Gasteiger partial charge on any atom is 0.261 e. The van der Waals surface area contributed by atoms with Gasteiger partial charge in [0.2, 0.25) is 5.91 Å². The van der Waals surface area contributed by atoms with Gasteiger partial charge in [-0.2, -0.15) is 0 Å². The molecule has 27 heavy (non-hydrogen) atoms. The molecule has 0 fully saturated rings. The minimum absolute atomic E-state index is 0.0149. The molecule has 138 valence electrons. The zero-order valence-electron chi connectivity index (χ0n) is 14.9. The van der Waals surface area contributed by atoms with E-state index in [9.17, 15) is 9.59 Å². The third kappa shape index (κ3) is 3.58. The summed E-state index contributed by atoms with van der Waals surface area (Å²) in [5.41, 5.74) is 2.68. The van der Waals surface area contributed by atoms with E-state index in [4.69, 9.17) is 0 Å². The second kappa shape index (κ2) is 7.13. The Balaban J connectivity index is 1.40. The molecular weight excluding hydrogens is 380 g/mol. The van der Waals surface area contributed by atoms with Crippen LogP contribution in [0.25, 0.3) is 15.3 Å². The van der Waals surface area contributed by atoms with Gasteiger partial charge < -0.3 is 10.6 Å². The molecule has 6 nitrogen and oxygen atoms in total. The summed E-state index contributed by atoms with van der Waals surface area (Å²) in [4.78, 5) is 31.2. The first kappa shape index (κ1) is 17.7. The average molecular weight is 399 g/mol. The van der Waals surface area contributed by atoms with Gasteiger partial charge in [-0.05, 0) is 23.8 Å². The number of fused-ring (bicyclic) bond motifs is 3. The van der Waals surface area contributed by atoms with Crippen LogP contribution in [0.1, 0.15) is 29.1 Å². The van der Waals surface area contributed by atoms with E-state index in [-0.39, 0.29) is 17.7 Å². The van der Waals surface area contributed by atoms with Gasteiger partial charge in [-0.15, -0.1) is 22.7 Å². The third-order valence-electron chi connectivity index (χ3n) is 4.16. The largest absolute Gasteiger partial charge is 0.347 e. The molecule has 0 bridgehead atoms. The van der Waals surface area contributed by atoms with Gasteiger partial charge in [0.1, 0.15) is 4.83 Å². The molecule has 8 heteroatoms. The summed E-state index contributed by atoms with van der Waals surface area (Å²) in [5, 5.41) is 7.77. The highest BCUT2D eigenvalue weighted by Crippen LogP contribution is 2.28. The second-order valence-corrected chi connectivity index (χ2v) is 8.40. The van der Waals surface area contributed by atoms with Gasteiger partial charge in [-0.25, -0.2) is 4.98 Å². The van der Waals surface area contributed by atoms with Crippen LogP contribution in [0, 0.1) is 5.92 Å². The molecule has 3 heterocycles. The average Bonchev–Trinajstić information content (AvgIpc) is 3.32. The topological polar surface area (TPSA) is 75.5 Å². The van der Waals surface area contributed by atoms with E-state index in [0.29, 0.717) is 11.4 Å². The SMILES string of the molecule is CC(C)C(=O)Nc1ccc(CNC(=O)c2cc3c(nc4sccn43)s2)cc1. The van der Waals surface area contributed by atoms with E-state index in [1.54, 1.807) is 11.3 Å². The van der Waals surface area contributed by atoms with Crippen LogP contribution in [0.4, 0.5) is 5.69 Å². The number of imidazole rings is 1. The van der Waals surface area contributed by atoms with Crippen molar-refractivity contribution in [3.05, 3.63) is 52.3 Å². The normalized spacial score (nSPS) is 11.4. The van der Waals surface area contributed by atoms with Crippen LogP contribution in [-0.4, -0.2) is 21.2 Å². The van der Waals surface area contributed by atoms with E-state index in [1.165, 1.54) is 11.3 Å². The van der Waals surface area contributed by atoms with Crippen molar-refractivity contribution in [3.8, 4) is 0 Å². The standard InChI is InChI=1S/C19H18N4O2S2/c1-11(2)16(24)21-13-5-3-12(4-6-13)10-20-17(25)15-9-14-18(27-15)22-19-23(14)7-8-26-19/h3-9,11H,10H2,1-2H3,(H,20,25)(H,21,24). The number of rotatable bonds is 5. The summed E-state index contributed by atoms with van der Waals surface area (Å²) in [6.07, 6.45) is 1.96. The van der Waals surface area contributed by atoms with Gasteiger partial charge in [0.25, 0.3) is 5.91 Å². The molecule has 0 unspecified atom stereocenters. The summed E-state index contributed by atoms with van der Waals surface area (Å²) < 4.78 is 2.00. The van der Waals surface area contributed by atoms with Crippen LogP contribution < -0.4 is 10.6 Å². The summed E-state index contributed by atoms with van der Waals surface area (Å²) in [6.45, 7) is 4.13. The molecule has 3 aromatic heterocycles. The fourth-order valence-electron chi connectivity index (χ4n) is 2.62. The van der Waals surface area contributed by atoms with Crippen LogP contribution in [0.2, 0.25) is 0 Å². The summed E-state index contributed by atoms with van der Waals surface area (Å²) >= 11 is 2.98. The van der Waals surface area contributed by atoms with E-state index in [2.05, 4.69) is 15.6 Å². The Morgan fingerprint density at radius 1 is 1.22 bits per heavy atom. The molecule has 0 spiro atoms. The molecular formula is C19H18N4O2S2. The predicted octanol–water partition coefficient (Wildman–Crippen LogP) is 4.14. The van der Waals surface area contributed by atoms with Gasteiger partial charge in [0, 0.05) is 29.7 Å². The number of carbonyl (C=O) groups is 2. The van der Waals surface area contributed by atoms with Crippen LogP contribution in [-0.2, 0) is 11.3 Å². The van der Waals surface area contributed by atoms with Crippen LogP contribution in [0.3, 0.4) is 0 Å². The van der Waals surface area contributed by atoms with Gasteiger partial charge in [0.05, 0.1) is 10.4 Å². The molecule has 0 aliphatic carbocycles. The lowest BCUT2D eigenvalue weighted by Crippen LogP contribution is -2.22. The monoisotopic (exact) mass is 398 g/mol. The number of hydrogen-bond donors (Lipinski definition) is 2. The quantitative estimate of drug-likeness (QED) is 0.531. The van der Waals surface area contributed by atoms with Gasteiger partial charge in [0.15, 0.2) is 4.96 Å². The molecule has 1 aromatic carbocycles. The van der Waals surface area contributed by atoms with Crippen molar-refractivity contribution in [1.82, 2.24) is 14.7 Å². The predicted molar refractivity (Wildman–Crippen MR) is 110 cm³/mol. The van der Waals surface area contributed by atoms with Gasteiger partial charge >= 0.3 is 0 Å². The first-order valence-electron chi connectivity index (χ1n) is 8.54. The highest BCUT2D eigenvalue weighted by molar-refractivity contribution is 7.21. The minimum Gasteiger partial charge on any atom is -0.347 e. The Morgan fingerprint density at radius 3 is 2.74 bits per heavy atom. The van der Waals surface area contributed by atoms with Gasteiger partial charge in [-0.3, -0.25) is 14.0 Å². The zero-order chi connectivity index (χ0) is 19.0. The van der Waals surface area contributed by atoms with Crippen molar-refractivity contribution in [2.24, 2.45) is 5.92 Å². The number of nitrogens with one attached hydrogen (secondary N) is 2. The molecule has 0 atom stereocenters. The second-order valence-electron chi connectivity index (χ2n) is 6.49. The highest BCUT2D eigenvalue weighted by atomic mass is 32.1. The molecule has 2 N–H and O–H groups in total. The molecule has 0 aliphatic rings. The van der Waals surface area contributed by atoms with Gasteiger partial charge in [-0.1, -0.05) is 26.0 Å². The van der Waals surface area contributed by atoms with Crippen molar-refractivity contribution >= 4 is 55.5 Å². The van der Waals surface area contributed by atoms with Crippen LogP contribution in [0.5, 0.6) is 0 Å². The first-order valence-corrected chi connectivity index (χ1v) is 10.2. The number of nitrogens with zero attached hydrogens (tertiary/aromatic N) is 2. The van der Waals surface area contributed by atoms with Crippen molar-refractivity contribution in [2.75, 3.05) is 5.32 Å². The summed E-state index contributed by atoms with van der Waals surface area (Å²) in [5.74, 6) is -0.190. The lowest BCUT2D eigenvalue weighted by atomic mass is 10.1. The smallest absolute Gasteiger partial charge is 0.261 e. The van der Waals surface area contributed by atoms with Crippen molar-refractivity contribution < 1.29 is 9.59 Å². The van der Waals surface area contributed by atoms with E-state index >= 15 is 0 Å². The molecule has 4 aromatic rings. The Labute approximate surface area is 163 Å². The van der Waals surface area contributed by atoms with Crippen LogP contribution in [0.15, 0.2) is 41.9 Å². The molecule has 0 saturated heterocycles. The minimum atomic E-state index is -0.112. The highest BCUT2D eigenvalue weighted by Gasteiger charge is 2.15. The van der Waals surface area contributed by atoms with Crippen LogP contribution >= 0.6 is 22.7 Å². The number of benzene rings is 1. The number of carbonyl (C=O) groups excluding carboxylic acids is 2. The molecule has 0 saturated carbocycles. The lowest BCUT2D eigenvalue weighted by molar-refractivity contribution is -0.118.